The van der Waals surface area contributed by atoms with Crippen molar-refractivity contribution in [3.8, 4) is 0 Å². The van der Waals surface area contributed by atoms with Crippen LogP contribution in [0.1, 0.15) is 6.42 Å². The second kappa shape index (κ2) is 2.89. The molecule has 0 aliphatic carbocycles. The van der Waals surface area contributed by atoms with Gasteiger partial charge in [-0.15, -0.1) is 0 Å². The Kier molecular flexibility index (Phi) is 2.13. The fraction of sp³-hybridized carbons (Fsp3) is 0.600. The predicted molar refractivity (Wildman–Crippen MR) is 34.0 cm³/mol. The van der Waals surface area contributed by atoms with E-state index in [0.29, 0.717) is 12.2 Å². The molecule has 1 heterocycles. The molecule has 0 fully saturated rings. The fourth-order valence-corrected chi connectivity index (χ4v) is 0.787. The van der Waals surface area contributed by atoms with Gasteiger partial charge in [0, 0.05) is 6.42 Å². The maximum Gasteiger partial charge on any atom is 0.315 e. The summed E-state index contributed by atoms with van der Waals surface area (Å²) in [6.45, 7) is -0.0590. The molecule has 0 spiro atoms. The van der Waals surface area contributed by atoms with E-state index in [2.05, 4.69) is 0 Å². The molecule has 1 atom stereocenters. The molecule has 1 unspecified atom stereocenters. The largest absolute Gasteiger partial charge is 0.498 e. The van der Waals surface area contributed by atoms with Crippen molar-refractivity contribution < 1.29 is 14.9 Å². The van der Waals surface area contributed by atoms with Gasteiger partial charge >= 0.3 is 7.48 Å². The third-order valence-electron chi connectivity index (χ3n) is 1.29. The fourth-order valence-electron chi connectivity index (χ4n) is 0.787. The van der Waals surface area contributed by atoms with Gasteiger partial charge in [-0.25, -0.2) is 0 Å². The van der Waals surface area contributed by atoms with Gasteiger partial charge in [0.15, 0.2) is 0 Å². The summed E-state index contributed by atoms with van der Waals surface area (Å²) >= 11 is 0. The van der Waals surface area contributed by atoms with Crippen LogP contribution >= 0.6 is 0 Å². The van der Waals surface area contributed by atoms with Crippen molar-refractivity contribution in [2.45, 2.75) is 12.4 Å². The second-order valence-electron chi connectivity index (χ2n) is 1.99. The molecular formula is C5H9BO3. The summed E-state index contributed by atoms with van der Waals surface area (Å²) in [5.74, 6) is 0.578. The lowest BCUT2D eigenvalue weighted by molar-refractivity contribution is 0.153. The third-order valence-corrected chi connectivity index (χ3v) is 1.29. The molecule has 0 saturated heterocycles. The van der Waals surface area contributed by atoms with Gasteiger partial charge in [0.1, 0.15) is 18.4 Å². The van der Waals surface area contributed by atoms with Gasteiger partial charge in [0.25, 0.3) is 0 Å². The molecule has 0 saturated carbocycles. The summed E-state index contributed by atoms with van der Waals surface area (Å²) in [5, 5.41) is 17.0. The summed E-state index contributed by atoms with van der Waals surface area (Å²) in [4.78, 5) is 0. The van der Waals surface area contributed by atoms with Gasteiger partial charge in [0.2, 0.25) is 0 Å². The predicted octanol–water partition coefficient (Wildman–Crippen LogP) is -1.05. The van der Waals surface area contributed by atoms with E-state index in [1.54, 1.807) is 6.08 Å². The van der Waals surface area contributed by atoms with Crippen LogP contribution in [-0.4, -0.2) is 30.2 Å². The van der Waals surface area contributed by atoms with Crippen molar-refractivity contribution >= 4 is 7.48 Å². The Balaban J connectivity index is 2.31. The average molecular weight is 128 g/mol. The number of ether oxygens (including phenoxy) is 1. The summed E-state index contributed by atoms with van der Waals surface area (Å²) in [6, 6.07) is -0.118. The summed E-state index contributed by atoms with van der Waals surface area (Å²) in [5.41, 5.74) is 0. The van der Waals surface area contributed by atoms with Crippen LogP contribution in [0.4, 0.5) is 0 Å². The number of rotatable bonds is 2. The first-order valence-corrected chi connectivity index (χ1v) is 2.94. The van der Waals surface area contributed by atoms with Crippen molar-refractivity contribution in [2.75, 3.05) is 6.61 Å². The van der Waals surface area contributed by atoms with Crippen molar-refractivity contribution in [2.24, 2.45) is 0 Å². The quantitative estimate of drug-likeness (QED) is 0.466. The maximum atomic E-state index is 8.54. The normalized spacial score (nSPS) is 25.1. The molecule has 0 bridgehead atoms. The van der Waals surface area contributed by atoms with Crippen LogP contribution in [0.2, 0.25) is 0 Å². The lowest BCUT2D eigenvalue weighted by Crippen LogP contribution is -2.15. The molecule has 50 valence electrons. The molecular weight excluding hydrogens is 119 g/mol. The van der Waals surface area contributed by atoms with Gasteiger partial charge in [-0.1, -0.05) is 0 Å². The highest BCUT2D eigenvalue weighted by Gasteiger charge is 2.16. The number of aliphatic hydroxyl groups excluding tert-OH is 1. The van der Waals surface area contributed by atoms with E-state index in [1.807, 2.05) is 0 Å². The highest BCUT2D eigenvalue weighted by Crippen LogP contribution is 2.14. The van der Waals surface area contributed by atoms with E-state index in [9.17, 15) is 0 Å². The minimum absolute atomic E-state index is 0.0278. The van der Waals surface area contributed by atoms with E-state index in [1.165, 1.54) is 0 Å². The van der Waals surface area contributed by atoms with E-state index < -0.39 is 0 Å². The first kappa shape index (κ1) is 6.64. The Labute approximate surface area is 54.2 Å². The highest BCUT2D eigenvalue weighted by atomic mass is 16.5. The van der Waals surface area contributed by atoms with Gasteiger partial charge in [-0.05, 0) is 6.08 Å². The van der Waals surface area contributed by atoms with Crippen LogP contribution in [0.5, 0.6) is 0 Å². The van der Waals surface area contributed by atoms with Gasteiger partial charge in [-0.2, -0.15) is 0 Å². The van der Waals surface area contributed by atoms with Crippen LogP contribution in [0.25, 0.3) is 0 Å². The number of aliphatic hydroxyl groups is 1. The van der Waals surface area contributed by atoms with Gasteiger partial charge in [0.05, 0.1) is 0 Å². The van der Waals surface area contributed by atoms with Gasteiger partial charge in [-0.3, -0.25) is 0 Å². The average Bonchev–Trinajstić information content (AvgIpc) is 2.34. The third kappa shape index (κ3) is 1.46. The zero-order chi connectivity index (χ0) is 6.69. The molecule has 1 aliphatic rings. The van der Waals surface area contributed by atoms with Gasteiger partial charge < -0.3 is 14.9 Å². The summed E-state index contributed by atoms with van der Waals surface area (Å²) < 4.78 is 5.02. The number of hydrogen-bond donors (Lipinski definition) is 2. The summed E-state index contributed by atoms with van der Waals surface area (Å²) in [6.07, 6.45) is 2.51. The molecule has 2 N–H and O–H groups in total. The molecule has 1 rings (SSSR count). The zero-order valence-electron chi connectivity index (χ0n) is 5.08. The highest BCUT2D eigenvalue weighted by molar-refractivity contribution is 6.27. The first-order chi connectivity index (χ1) is 4.36. The van der Waals surface area contributed by atoms with E-state index in [0.717, 1.165) is 0 Å². The van der Waals surface area contributed by atoms with E-state index >= 15 is 0 Å². The minimum Gasteiger partial charge on any atom is -0.498 e. The number of hydrogen-bond acceptors (Lipinski definition) is 3. The molecule has 0 radical (unpaired) electrons. The first-order valence-electron chi connectivity index (χ1n) is 2.94. The Morgan fingerprint density at radius 3 is 3.00 bits per heavy atom. The van der Waals surface area contributed by atoms with Crippen molar-refractivity contribution in [3.63, 3.8) is 0 Å². The smallest absolute Gasteiger partial charge is 0.315 e. The molecule has 0 aromatic carbocycles. The SMILES string of the molecule is OBC1CC=C(CO)O1. The minimum atomic E-state index is -0.118. The Morgan fingerprint density at radius 2 is 2.67 bits per heavy atom. The van der Waals surface area contributed by atoms with Crippen molar-refractivity contribution in [1.29, 1.82) is 0 Å². The van der Waals surface area contributed by atoms with E-state index in [4.69, 9.17) is 14.9 Å². The molecule has 4 heteroatoms. The van der Waals surface area contributed by atoms with Crippen LogP contribution in [0.15, 0.2) is 11.8 Å². The zero-order valence-corrected chi connectivity index (χ0v) is 5.08. The Morgan fingerprint density at radius 1 is 1.89 bits per heavy atom. The molecule has 0 amide bonds. The van der Waals surface area contributed by atoms with E-state index in [-0.39, 0.29) is 20.1 Å². The summed E-state index contributed by atoms with van der Waals surface area (Å²) in [7, 11) is 0.0278. The monoisotopic (exact) mass is 128 g/mol. The Hall–Kier alpha value is -0.475. The lowest BCUT2D eigenvalue weighted by atomic mass is 9.90. The molecule has 0 aromatic heterocycles. The molecule has 9 heavy (non-hydrogen) atoms. The molecule has 0 aromatic rings. The second-order valence-corrected chi connectivity index (χ2v) is 1.99. The topological polar surface area (TPSA) is 49.7 Å². The van der Waals surface area contributed by atoms with Crippen LogP contribution in [0, 0.1) is 0 Å². The van der Waals surface area contributed by atoms with Crippen LogP contribution < -0.4 is 0 Å². The molecule has 3 nitrogen and oxygen atoms in total. The van der Waals surface area contributed by atoms with Crippen molar-refractivity contribution in [1.82, 2.24) is 0 Å². The van der Waals surface area contributed by atoms with Crippen LogP contribution in [-0.2, 0) is 4.74 Å². The maximum absolute atomic E-state index is 8.54. The standard InChI is InChI=1S/C5H9BO3/c7-3-4-1-2-5(6-8)9-4/h1,5-8H,2-3H2. The molecule has 1 aliphatic heterocycles. The lowest BCUT2D eigenvalue weighted by Gasteiger charge is -2.06. The van der Waals surface area contributed by atoms with Crippen molar-refractivity contribution in [3.05, 3.63) is 11.8 Å². The van der Waals surface area contributed by atoms with Crippen LogP contribution in [0.3, 0.4) is 0 Å². The Bertz CT molecular complexity index is 123.